The van der Waals surface area contributed by atoms with E-state index >= 15 is 0 Å². The van der Waals surface area contributed by atoms with E-state index in [1.807, 2.05) is 30.0 Å². The number of rotatable bonds is 2. The highest BCUT2D eigenvalue weighted by Crippen LogP contribution is 2.35. The SMILES string of the molecule is C[C@@H]1CN(C(=O)[C@@H]2CCCc3[nH]cnc32)[C@H](c2ccccc2)CO1. The Hall–Kier alpha value is -2.14. The number of aromatic amines is 1. The molecule has 1 aliphatic carbocycles. The van der Waals surface area contributed by atoms with Crippen LogP contribution in [0.3, 0.4) is 0 Å². The third kappa shape index (κ3) is 2.73. The van der Waals surface area contributed by atoms with Gasteiger partial charge in [0.2, 0.25) is 5.91 Å². The third-order valence-corrected chi connectivity index (χ3v) is 5.14. The van der Waals surface area contributed by atoms with E-state index in [1.165, 1.54) is 0 Å². The molecule has 0 unspecified atom stereocenters. The number of hydrogen-bond donors (Lipinski definition) is 1. The molecule has 4 rings (SSSR count). The van der Waals surface area contributed by atoms with E-state index in [2.05, 4.69) is 22.1 Å². The lowest BCUT2D eigenvalue weighted by atomic mass is 9.88. The number of imidazole rings is 1. The van der Waals surface area contributed by atoms with E-state index in [9.17, 15) is 4.79 Å². The van der Waals surface area contributed by atoms with Crippen molar-refractivity contribution in [1.29, 1.82) is 0 Å². The Bertz CT molecular complexity index is 712. The molecule has 1 aromatic carbocycles. The second kappa shape index (κ2) is 6.40. The maximum Gasteiger partial charge on any atom is 0.232 e. The van der Waals surface area contributed by atoms with E-state index in [4.69, 9.17) is 4.74 Å². The molecule has 0 radical (unpaired) electrons. The lowest BCUT2D eigenvalue weighted by molar-refractivity contribution is -0.146. The molecular weight excluding hydrogens is 302 g/mol. The van der Waals surface area contributed by atoms with Crippen molar-refractivity contribution >= 4 is 5.91 Å². The molecule has 1 N–H and O–H groups in total. The zero-order chi connectivity index (χ0) is 16.5. The summed E-state index contributed by atoms with van der Waals surface area (Å²) in [6.07, 6.45) is 4.68. The fraction of sp³-hybridized carbons (Fsp3) is 0.474. The monoisotopic (exact) mass is 325 g/mol. The van der Waals surface area contributed by atoms with Crippen molar-refractivity contribution in [2.45, 2.75) is 44.2 Å². The Labute approximate surface area is 142 Å². The minimum Gasteiger partial charge on any atom is -0.374 e. The molecule has 1 aromatic heterocycles. The molecule has 5 nitrogen and oxygen atoms in total. The van der Waals surface area contributed by atoms with Gasteiger partial charge in [-0.1, -0.05) is 30.3 Å². The number of hydrogen-bond acceptors (Lipinski definition) is 3. The number of benzene rings is 1. The van der Waals surface area contributed by atoms with E-state index in [1.54, 1.807) is 6.33 Å². The van der Waals surface area contributed by atoms with Gasteiger partial charge in [-0.05, 0) is 31.7 Å². The summed E-state index contributed by atoms with van der Waals surface area (Å²) in [5, 5.41) is 0. The average molecular weight is 325 g/mol. The van der Waals surface area contributed by atoms with Crippen LogP contribution in [0.2, 0.25) is 0 Å². The molecule has 2 heterocycles. The van der Waals surface area contributed by atoms with Gasteiger partial charge in [0, 0.05) is 12.2 Å². The van der Waals surface area contributed by atoms with Crippen LogP contribution < -0.4 is 0 Å². The van der Waals surface area contributed by atoms with Crippen LogP contribution in [0.15, 0.2) is 36.7 Å². The smallest absolute Gasteiger partial charge is 0.232 e. The molecule has 3 atom stereocenters. The minimum atomic E-state index is -0.128. The lowest BCUT2D eigenvalue weighted by Gasteiger charge is -2.41. The van der Waals surface area contributed by atoms with E-state index in [-0.39, 0.29) is 24.0 Å². The summed E-state index contributed by atoms with van der Waals surface area (Å²) >= 11 is 0. The molecule has 24 heavy (non-hydrogen) atoms. The van der Waals surface area contributed by atoms with Gasteiger partial charge in [0.25, 0.3) is 0 Å². The van der Waals surface area contributed by atoms with Gasteiger partial charge in [0.05, 0.1) is 36.7 Å². The highest BCUT2D eigenvalue weighted by molar-refractivity contribution is 5.84. The fourth-order valence-electron chi connectivity index (χ4n) is 3.89. The molecule has 2 aliphatic rings. The van der Waals surface area contributed by atoms with Crippen LogP contribution in [-0.2, 0) is 16.0 Å². The highest BCUT2D eigenvalue weighted by atomic mass is 16.5. The number of aromatic nitrogens is 2. The number of carbonyl (C=O) groups excluding carboxylic acids is 1. The topological polar surface area (TPSA) is 58.2 Å². The van der Waals surface area contributed by atoms with Gasteiger partial charge in [-0.15, -0.1) is 0 Å². The van der Waals surface area contributed by atoms with Crippen LogP contribution in [-0.4, -0.2) is 40.0 Å². The zero-order valence-corrected chi connectivity index (χ0v) is 13.9. The molecule has 0 spiro atoms. The van der Waals surface area contributed by atoms with E-state index in [0.717, 1.165) is 36.2 Å². The van der Waals surface area contributed by atoms with Crippen LogP contribution in [0.1, 0.15) is 48.7 Å². The second-order valence-corrected chi connectivity index (χ2v) is 6.77. The standard InChI is InChI=1S/C19H23N3O2/c1-13-10-22(17(11-24-13)14-6-3-2-4-7-14)19(23)15-8-5-9-16-18(15)21-12-20-16/h2-4,6-7,12-13,15,17H,5,8-11H2,1H3,(H,20,21)/t13-,15-,17+/m1/s1. The van der Waals surface area contributed by atoms with Gasteiger partial charge in [0.15, 0.2) is 0 Å². The quantitative estimate of drug-likeness (QED) is 0.924. The normalized spacial score (nSPS) is 26.9. The molecule has 1 fully saturated rings. The second-order valence-electron chi connectivity index (χ2n) is 6.77. The number of carbonyl (C=O) groups is 1. The zero-order valence-electron chi connectivity index (χ0n) is 13.9. The summed E-state index contributed by atoms with van der Waals surface area (Å²) in [6, 6.07) is 10.2. The molecule has 1 aliphatic heterocycles. The van der Waals surface area contributed by atoms with Crippen LogP contribution in [0.4, 0.5) is 0 Å². The summed E-state index contributed by atoms with van der Waals surface area (Å²) in [5.41, 5.74) is 3.20. The fourth-order valence-corrected chi connectivity index (χ4v) is 3.89. The Morgan fingerprint density at radius 1 is 1.33 bits per heavy atom. The minimum absolute atomic E-state index is 0.0146. The predicted octanol–water partition coefficient (Wildman–Crippen LogP) is 2.82. The highest BCUT2D eigenvalue weighted by Gasteiger charge is 2.38. The maximum atomic E-state index is 13.4. The number of aryl methyl sites for hydroxylation is 1. The van der Waals surface area contributed by atoms with Gasteiger partial charge < -0.3 is 14.6 Å². The molecule has 1 amide bonds. The number of ether oxygens (including phenoxy) is 1. The molecule has 1 saturated heterocycles. The molecule has 5 heteroatoms. The summed E-state index contributed by atoms with van der Waals surface area (Å²) in [4.78, 5) is 23.0. The first-order valence-electron chi connectivity index (χ1n) is 8.73. The van der Waals surface area contributed by atoms with Crippen molar-refractivity contribution in [1.82, 2.24) is 14.9 Å². The summed E-state index contributed by atoms with van der Waals surface area (Å²) in [6.45, 7) is 3.22. The molecule has 126 valence electrons. The van der Waals surface area contributed by atoms with Crippen molar-refractivity contribution in [3.05, 3.63) is 53.6 Å². The van der Waals surface area contributed by atoms with Crippen LogP contribution in [0, 0.1) is 0 Å². The number of amides is 1. The number of fused-ring (bicyclic) bond motifs is 1. The largest absolute Gasteiger partial charge is 0.374 e. The average Bonchev–Trinajstić information content (AvgIpc) is 3.10. The van der Waals surface area contributed by atoms with Gasteiger partial charge in [-0.3, -0.25) is 4.79 Å². The van der Waals surface area contributed by atoms with Crippen molar-refractivity contribution in [3.8, 4) is 0 Å². The number of nitrogens with one attached hydrogen (secondary N) is 1. The first-order chi connectivity index (χ1) is 11.7. The van der Waals surface area contributed by atoms with Crippen molar-refractivity contribution in [2.75, 3.05) is 13.2 Å². The predicted molar refractivity (Wildman–Crippen MR) is 90.6 cm³/mol. The Balaban J connectivity index is 1.64. The Kier molecular flexibility index (Phi) is 4.10. The maximum absolute atomic E-state index is 13.4. The van der Waals surface area contributed by atoms with Crippen molar-refractivity contribution < 1.29 is 9.53 Å². The molecular formula is C19H23N3O2. The van der Waals surface area contributed by atoms with Gasteiger partial charge in [-0.25, -0.2) is 4.98 Å². The van der Waals surface area contributed by atoms with E-state index in [0.29, 0.717) is 13.2 Å². The van der Waals surface area contributed by atoms with Gasteiger partial charge >= 0.3 is 0 Å². The summed E-state index contributed by atoms with van der Waals surface area (Å²) < 4.78 is 5.85. The van der Waals surface area contributed by atoms with Gasteiger partial charge in [0.1, 0.15) is 0 Å². The molecule has 2 aromatic rings. The van der Waals surface area contributed by atoms with Crippen LogP contribution >= 0.6 is 0 Å². The third-order valence-electron chi connectivity index (χ3n) is 5.14. The first-order valence-corrected chi connectivity index (χ1v) is 8.73. The van der Waals surface area contributed by atoms with E-state index < -0.39 is 0 Å². The Morgan fingerprint density at radius 3 is 3.00 bits per heavy atom. The summed E-state index contributed by atoms with van der Waals surface area (Å²) in [7, 11) is 0. The number of H-pyrrole nitrogens is 1. The molecule has 0 saturated carbocycles. The van der Waals surface area contributed by atoms with Crippen LogP contribution in [0.5, 0.6) is 0 Å². The molecule has 0 bridgehead atoms. The van der Waals surface area contributed by atoms with Gasteiger partial charge in [-0.2, -0.15) is 0 Å². The van der Waals surface area contributed by atoms with Crippen molar-refractivity contribution in [3.63, 3.8) is 0 Å². The first kappa shape index (κ1) is 15.4. The Morgan fingerprint density at radius 2 is 2.17 bits per heavy atom. The number of morpholine rings is 1. The number of nitrogens with zero attached hydrogens (tertiary/aromatic N) is 2. The summed E-state index contributed by atoms with van der Waals surface area (Å²) in [5.74, 6) is 0.0589. The lowest BCUT2D eigenvalue weighted by Crippen LogP contribution is -2.48. The van der Waals surface area contributed by atoms with Crippen LogP contribution in [0.25, 0.3) is 0 Å². The van der Waals surface area contributed by atoms with Crippen molar-refractivity contribution in [2.24, 2.45) is 0 Å².